The molecule has 4 nitrogen and oxygen atoms in total. The predicted octanol–water partition coefficient (Wildman–Crippen LogP) is 11.2. The summed E-state index contributed by atoms with van der Waals surface area (Å²) in [4.78, 5) is 10.4. The molecule has 222 valence electrons. The largest absolute Gasteiger partial charge is 0.309 e. The summed E-state index contributed by atoms with van der Waals surface area (Å²) in [6, 6.07) is 56.3. The average molecular weight is 611 g/mol. The summed E-state index contributed by atoms with van der Waals surface area (Å²) in [5.74, 6) is 0. The predicted molar refractivity (Wildman–Crippen MR) is 199 cm³/mol. The molecule has 0 saturated carbocycles. The fourth-order valence-corrected chi connectivity index (χ4v) is 8.06. The molecule has 0 fully saturated rings. The molecule has 0 aliphatic heterocycles. The number of benzene rings is 7. The fraction of sp³-hybridized carbons (Fsp3) is 0. The van der Waals surface area contributed by atoms with Gasteiger partial charge >= 0.3 is 0 Å². The standard InChI is InChI=1S/C44H26N4/c1-2-12-27(13-3-1)42-43(46-35-21-6-5-20-34(35)45-42)28-14-8-15-29(26-28)47-37-23-10-17-31-33-19-9-18-32-30-16-4-7-22-36(30)48(44(32)33)39-25-11-24-38(47)41(39)40(31)37/h1-26H. The zero-order valence-electron chi connectivity index (χ0n) is 25.8. The minimum Gasteiger partial charge on any atom is -0.309 e. The molecule has 0 N–H and O–H groups in total. The highest BCUT2D eigenvalue weighted by Crippen LogP contribution is 2.44. The van der Waals surface area contributed by atoms with Crippen molar-refractivity contribution < 1.29 is 0 Å². The van der Waals surface area contributed by atoms with E-state index >= 15 is 0 Å². The molecule has 0 radical (unpaired) electrons. The highest BCUT2D eigenvalue weighted by atomic mass is 15.0. The number of nitrogens with zero attached hydrogens (tertiary/aromatic N) is 4. The van der Waals surface area contributed by atoms with Gasteiger partial charge in [-0.2, -0.15) is 0 Å². The Morgan fingerprint density at radius 3 is 1.75 bits per heavy atom. The minimum absolute atomic E-state index is 0.875. The number of hydrogen-bond acceptors (Lipinski definition) is 2. The van der Waals surface area contributed by atoms with Crippen molar-refractivity contribution >= 4 is 70.9 Å². The van der Waals surface area contributed by atoms with Gasteiger partial charge in [0.05, 0.1) is 50.0 Å². The maximum absolute atomic E-state index is 5.21. The molecule has 0 bridgehead atoms. The summed E-state index contributed by atoms with van der Waals surface area (Å²) in [5, 5.41) is 7.64. The monoisotopic (exact) mass is 610 g/mol. The summed E-state index contributed by atoms with van der Waals surface area (Å²) in [7, 11) is 0. The van der Waals surface area contributed by atoms with Gasteiger partial charge in [-0.3, -0.25) is 0 Å². The van der Waals surface area contributed by atoms with Crippen molar-refractivity contribution in [2.75, 3.05) is 0 Å². The van der Waals surface area contributed by atoms with Crippen LogP contribution in [0.3, 0.4) is 0 Å². The van der Waals surface area contributed by atoms with Crippen molar-refractivity contribution in [1.82, 2.24) is 18.9 Å². The van der Waals surface area contributed by atoms with Crippen LogP contribution in [0, 0.1) is 0 Å². The first-order valence-corrected chi connectivity index (χ1v) is 16.4. The summed E-state index contributed by atoms with van der Waals surface area (Å²) >= 11 is 0. The SMILES string of the molecule is c1ccc(-c2nc3ccccc3nc2-c2cccc(-n3c4cccc5c6cccc7c8ccccc8n(c8cccc3c8c54)c67)c2)cc1. The lowest BCUT2D eigenvalue weighted by atomic mass is 10.0. The Balaban J connectivity index is 1.25. The Bertz CT molecular complexity index is 3060. The van der Waals surface area contributed by atoms with Crippen molar-refractivity contribution in [2.45, 2.75) is 0 Å². The molecular formula is C44H26N4. The van der Waals surface area contributed by atoms with Crippen molar-refractivity contribution in [3.05, 3.63) is 158 Å². The number of rotatable bonds is 3. The van der Waals surface area contributed by atoms with Crippen LogP contribution >= 0.6 is 0 Å². The quantitative estimate of drug-likeness (QED) is 0.199. The van der Waals surface area contributed by atoms with Gasteiger partial charge in [-0.25, -0.2) is 9.97 Å². The van der Waals surface area contributed by atoms with Gasteiger partial charge in [0.15, 0.2) is 0 Å². The van der Waals surface area contributed by atoms with Crippen LogP contribution in [-0.2, 0) is 0 Å². The maximum atomic E-state index is 5.21. The van der Waals surface area contributed by atoms with Crippen molar-refractivity contribution in [3.63, 3.8) is 0 Å². The van der Waals surface area contributed by atoms with E-state index in [0.29, 0.717) is 0 Å². The topological polar surface area (TPSA) is 35.1 Å². The second-order valence-electron chi connectivity index (χ2n) is 12.6. The average Bonchev–Trinajstić information content (AvgIpc) is 3.64. The van der Waals surface area contributed by atoms with E-state index in [0.717, 1.165) is 39.2 Å². The van der Waals surface area contributed by atoms with Gasteiger partial charge in [0.1, 0.15) is 0 Å². The molecular weight excluding hydrogens is 585 g/mol. The van der Waals surface area contributed by atoms with Crippen LogP contribution in [0.5, 0.6) is 0 Å². The van der Waals surface area contributed by atoms with E-state index in [-0.39, 0.29) is 0 Å². The highest BCUT2D eigenvalue weighted by molar-refractivity contribution is 6.31. The van der Waals surface area contributed by atoms with E-state index in [9.17, 15) is 0 Å². The molecule has 0 saturated heterocycles. The fourth-order valence-electron chi connectivity index (χ4n) is 8.06. The van der Waals surface area contributed by atoms with E-state index in [4.69, 9.17) is 9.97 Å². The molecule has 0 atom stereocenters. The summed E-state index contributed by atoms with van der Waals surface area (Å²) in [6.45, 7) is 0. The molecule has 4 heterocycles. The van der Waals surface area contributed by atoms with Crippen molar-refractivity contribution in [2.24, 2.45) is 0 Å². The van der Waals surface area contributed by atoms with Gasteiger partial charge in [0, 0.05) is 43.7 Å². The first-order chi connectivity index (χ1) is 23.8. The summed E-state index contributed by atoms with van der Waals surface area (Å²) < 4.78 is 4.91. The second-order valence-corrected chi connectivity index (χ2v) is 12.6. The third kappa shape index (κ3) is 3.38. The van der Waals surface area contributed by atoms with E-state index in [1.165, 1.54) is 59.9 Å². The van der Waals surface area contributed by atoms with Gasteiger partial charge in [-0.15, -0.1) is 0 Å². The smallest absolute Gasteiger partial charge is 0.0973 e. The van der Waals surface area contributed by atoms with E-state index in [1.807, 2.05) is 30.3 Å². The molecule has 48 heavy (non-hydrogen) atoms. The summed E-state index contributed by atoms with van der Waals surface area (Å²) in [6.07, 6.45) is 0. The van der Waals surface area contributed by atoms with Crippen LogP contribution in [0.1, 0.15) is 0 Å². The number of fused-ring (bicyclic) bond motifs is 6. The van der Waals surface area contributed by atoms with Crippen LogP contribution in [0.4, 0.5) is 0 Å². The molecule has 11 rings (SSSR count). The van der Waals surface area contributed by atoms with Crippen LogP contribution in [0.25, 0.3) is 99.1 Å². The van der Waals surface area contributed by atoms with Gasteiger partial charge in [-0.1, -0.05) is 109 Å². The Labute approximate surface area is 275 Å². The normalized spacial score (nSPS) is 12.2. The van der Waals surface area contributed by atoms with Crippen LogP contribution in [0.15, 0.2) is 158 Å². The van der Waals surface area contributed by atoms with E-state index < -0.39 is 0 Å². The number of aromatic nitrogens is 4. The third-order valence-electron chi connectivity index (χ3n) is 10.0. The van der Waals surface area contributed by atoms with Crippen LogP contribution < -0.4 is 0 Å². The number of hydrogen-bond donors (Lipinski definition) is 0. The van der Waals surface area contributed by atoms with Crippen LogP contribution in [0.2, 0.25) is 0 Å². The Kier molecular flexibility index (Phi) is 5.08. The molecule has 7 aromatic carbocycles. The molecule has 0 spiro atoms. The lowest BCUT2D eigenvalue weighted by Crippen LogP contribution is -1.98. The van der Waals surface area contributed by atoms with Crippen molar-refractivity contribution in [3.8, 4) is 28.2 Å². The molecule has 0 unspecified atom stereocenters. The molecule has 0 amide bonds. The number of para-hydroxylation sites is 4. The Morgan fingerprint density at radius 2 is 0.917 bits per heavy atom. The molecule has 4 aromatic heterocycles. The molecule has 11 aromatic rings. The lowest BCUT2D eigenvalue weighted by Gasteiger charge is -2.13. The summed E-state index contributed by atoms with van der Waals surface area (Å²) in [5.41, 5.74) is 12.8. The second kappa shape index (κ2) is 9.50. The van der Waals surface area contributed by atoms with Crippen molar-refractivity contribution in [1.29, 1.82) is 0 Å². The van der Waals surface area contributed by atoms with Gasteiger partial charge in [-0.05, 0) is 53.9 Å². The molecule has 0 aliphatic carbocycles. The van der Waals surface area contributed by atoms with Gasteiger partial charge < -0.3 is 8.97 Å². The van der Waals surface area contributed by atoms with Gasteiger partial charge in [0.25, 0.3) is 0 Å². The minimum atomic E-state index is 0.875. The zero-order chi connectivity index (χ0) is 31.3. The first kappa shape index (κ1) is 25.6. The highest BCUT2D eigenvalue weighted by Gasteiger charge is 2.22. The maximum Gasteiger partial charge on any atom is 0.0973 e. The molecule has 4 heteroatoms. The Morgan fingerprint density at radius 1 is 0.375 bits per heavy atom. The van der Waals surface area contributed by atoms with E-state index in [2.05, 4.69) is 136 Å². The van der Waals surface area contributed by atoms with Gasteiger partial charge in [0.2, 0.25) is 0 Å². The first-order valence-electron chi connectivity index (χ1n) is 16.4. The van der Waals surface area contributed by atoms with E-state index in [1.54, 1.807) is 0 Å². The molecule has 0 aliphatic rings. The van der Waals surface area contributed by atoms with Crippen LogP contribution in [-0.4, -0.2) is 18.9 Å². The third-order valence-corrected chi connectivity index (χ3v) is 10.0. The Hall–Kier alpha value is -6.52. The zero-order valence-corrected chi connectivity index (χ0v) is 25.8. The lowest BCUT2D eigenvalue weighted by molar-refractivity contribution is 1.18.